The Morgan fingerprint density at radius 3 is 1.30 bits per heavy atom. The van der Waals surface area contributed by atoms with Crippen LogP contribution in [0.25, 0.3) is 0 Å². The van der Waals surface area contributed by atoms with Gasteiger partial charge in [0.05, 0.1) is 0 Å². The number of alkyl halides is 2. The maximum absolute atomic E-state index is 14.8. The highest BCUT2D eigenvalue weighted by molar-refractivity contribution is 9.09. The summed E-state index contributed by atoms with van der Waals surface area (Å²) in [6.45, 7) is 0. The highest BCUT2D eigenvalue weighted by Crippen LogP contribution is 2.58. The molecule has 0 radical (unpaired) electrons. The molecule has 0 aliphatic heterocycles. The molecule has 8 atom stereocenters. The van der Waals surface area contributed by atoms with Gasteiger partial charge in [0, 0.05) is 21.5 Å². The van der Waals surface area contributed by atoms with E-state index in [0.29, 0.717) is 23.7 Å². The predicted octanol–water partition coefficient (Wildman–Crippen LogP) is 5.76. The maximum Gasteiger partial charge on any atom is 0.136 e. The Bertz CT molecular complexity index is 406. The highest BCUT2D eigenvalue weighted by atomic mass is 79.9. The molecule has 4 heteroatoms. The van der Waals surface area contributed by atoms with Gasteiger partial charge in [0.1, 0.15) is 11.7 Å². The molecule has 0 heterocycles. The van der Waals surface area contributed by atoms with Crippen LogP contribution in [-0.4, -0.2) is 9.65 Å². The minimum atomic E-state index is -0.416. The molecule has 0 aromatic heterocycles. The lowest BCUT2D eigenvalue weighted by atomic mass is 9.82. The van der Waals surface area contributed by atoms with E-state index in [2.05, 4.69) is 31.9 Å². The Hall–Kier alpha value is 0.560. The van der Waals surface area contributed by atoms with Crippen LogP contribution < -0.4 is 0 Å². The van der Waals surface area contributed by atoms with Gasteiger partial charge in [-0.3, -0.25) is 0 Å². The van der Waals surface area contributed by atoms with E-state index in [4.69, 9.17) is 0 Å². The molecule has 0 aromatic carbocycles. The van der Waals surface area contributed by atoms with Gasteiger partial charge in [-0.05, 0) is 62.2 Å². The Kier molecular flexibility index (Phi) is 3.57. The first-order valence-corrected chi connectivity index (χ1v) is 9.74. The van der Waals surface area contributed by atoms with Crippen LogP contribution in [0.4, 0.5) is 8.78 Å². The number of halogens is 4. The Morgan fingerprint density at radius 1 is 0.650 bits per heavy atom. The lowest BCUT2D eigenvalue weighted by Crippen LogP contribution is -2.27. The van der Waals surface area contributed by atoms with Gasteiger partial charge in [-0.15, -0.1) is 0 Å². The molecule has 112 valence electrons. The standard InChI is InChI=1S/C16H20Br2F2/c17-13-9-3-1-7(5-9)11(13)15(19)16(20)12-8-2-4-10(6-8)14(12)18/h7-14H,1-6H2/b16-15-/t7-,8+,9+,10-,11+,12-,13+,14-. The Labute approximate surface area is 136 Å². The van der Waals surface area contributed by atoms with Gasteiger partial charge in [0.25, 0.3) is 0 Å². The molecule has 4 aliphatic rings. The Morgan fingerprint density at radius 2 is 1.00 bits per heavy atom. The number of hydrogen-bond donors (Lipinski definition) is 0. The SMILES string of the molecule is F/C(=C(\F)[C@H]1[C@@H]2CC[C@@H](C2)[C@@H]1Br)[C@@H]1[C@H]2CC[C@H](C2)[C@H]1Br. The summed E-state index contributed by atoms with van der Waals surface area (Å²) in [5.41, 5.74) is 0. The second kappa shape index (κ2) is 5.04. The molecular weight excluding hydrogens is 390 g/mol. The number of rotatable bonds is 2. The van der Waals surface area contributed by atoms with E-state index >= 15 is 0 Å². The van der Waals surface area contributed by atoms with Crippen LogP contribution in [-0.2, 0) is 0 Å². The van der Waals surface area contributed by atoms with Crippen molar-refractivity contribution in [3.8, 4) is 0 Å². The first kappa shape index (κ1) is 14.2. The molecular formula is C16H20Br2F2. The van der Waals surface area contributed by atoms with E-state index in [9.17, 15) is 8.78 Å². The van der Waals surface area contributed by atoms with E-state index in [1.165, 1.54) is 12.8 Å². The molecule has 4 fully saturated rings. The van der Waals surface area contributed by atoms with Crippen LogP contribution in [0.2, 0.25) is 0 Å². The van der Waals surface area contributed by atoms with Crippen LogP contribution in [0.3, 0.4) is 0 Å². The molecule has 0 aromatic rings. The smallest absolute Gasteiger partial charge is 0.136 e. The molecule has 4 saturated carbocycles. The highest BCUT2D eigenvalue weighted by Gasteiger charge is 2.53. The first-order chi connectivity index (χ1) is 9.58. The summed E-state index contributed by atoms with van der Waals surface area (Å²) < 4.78 is 29.6. The average Bonchev–Trinajstić information content (AvgIpc) is 3.16. The molecule has 4 aliphatic carbocycles. The summed E-state index contributed by atoms with van der Waals surface area (Å²) in [7, 11) is 0. The fraction of sp³-hybridized carbons (Fsp3) is 0.875. The van der Waals surface area contributed by atoms with Crippen LogP contribution >= 0.6 is 31.9 Å². The summed E-state index contributed by atoms with van der Waals surface area (Å²) in [5.74, 6) is 0.610. The van der Waals surface area contributed by atoms with Crippen molar-refractivity contribution in [3.63, 3.8) is 0 Å². The first-order valence-electron chi connectivity index (χ1n) is 7.91. The lowest BCUT2D eigenvalue weighted by Gasteiger charge is -2.30. The monoisotopic (exact) mass is 408 g/mol. The van der Waals surface area contributed by atoms with Crippen molar-refractivity contribution >= 4 is 31.9 Å². The minimum Gasteiger partial charge on any atom is -0.209 e. The summed E-state index contributed by atoms with van der Waals surface area (Å²) in [6.07, 6.45) is 6.67. The fourth-order valence-corrected chi connectivity index (χ4v) is 7.74. The molecule has 0 amide bonds. The third-order valence-electron chi connectivity index (χ3n) is 6.44. The van der Waals surface area contributed by atoms with Gasteiger partial charge < -0.3 is 0 Å². The topological polar surface area (TPSA) is 0 Å². The van der Waals surface area contributed by atoms with E-state index in [1.54, 1.807) is 0 Å². The number of allylic oxidation sites excluding steroid dienone is 2. The molecule has 4 bridgehead atoms. The second-order valence-electron chi connectivity index (χ2n) is 7.30. The van der Waals surface area contributed by atoms with E-state index in [1.807, 2.05) is 0 Å². The minimum absolute atomic E-state index is 0.152. The van der Waals surface area contributed by atoms with E-state index < -0.39 is 11.7 Å². The van der Waals surface area contributed by atoms with Crippen molar-refractivity contribution < 1.29 is 8.78 Å². The molecule has 20 heavy (non-hydrogen) atoms. The Balaban J connectivity index is 1.61. The number of fused-ring (bicyclic) bond motifs is 4. The quantitative estimate of drug-likeness (QED) is 0.509. The summed E-state index contributed by atoms with van der Waals surface area (Å²) in [5, 5.41) is 0. The van der Waals surface area contributed by atoms with Crippen molar-refractivity contribution in [1.29, 1.82) is 0 Å². The van der Waals surface area contributed by atoms with Crippen molar-refractivity contribution in [2.75, 3.05) is 0 Å². The summed E-state index contributed by atoms with van der Waals surface area (Å²) >= 11 is 7.29. The van der Waals surface area contributed by atoms with Crippen LogP contribution in [0, 0.1) is 35.5 Å². The largest absolute Gasteiger partial charge is 0.209 e. The van der Waals surface area contributed by atoms with Gasteiger partial charge in [0.15, 0.2) is 0 Å². The molecule has 0 nitrogen and oxygen atoms in total. The number of hydrogen-bond acceptors (Lipinski definition) is 0. The maximum atomic E-state index is 14.8. The summed E-state index contributed by atoms with van der Waals surface area (Å²) in [6, 6.07) is 0. The van der Waals surface area contributed by atoms with Gasteiger partial charge in [-0.25, -0.2) is 8.78 Å². The van der Waals surface area contributed by atoms with Crippen LogP contribution in [0.1, 0.15) is 38.5 Å². The molecule has 0 spiro atoms. The fourth-order valence-electron chi connectivity index (χ4n) is 5.45. The zero-order chi connectivity index (χ0) is 14.0. The van der Waals surface area contributed by atoms with Crippen molar-refractivity contribution in [2.24, 2.45) is 35.5 Å². The van der Waals surface area contributed by atoms with Gasteiger partial charge in [-0.1, -0.05) is 31.9 Å². The zero-order valence-corrected chi connectivity index (χ0v) is 14.5. The molecule has 4 rings (SSSR count). The lowest BCUT2D eigenvalue weighted by molar-refractivity contribution is 0.279. The predicted molar refractivity (Wildman–Crippen MR) is 83.3 cm³/mol. The normalized spacial score (nSPS) is 54.6. The zero-order valence-electron chi connectivity index (χ0n) is 11.4. The third kappa shape index (κ3) is 1.92. The third-order valence-corrected chi connectivity index (χ3v) is 9.08. The molecule has 0 N–H and O–H groups in total. The van der Waals surface area contributed by atoms with Crippen molar-refractivity contribution in [3.05, 3.63) is 11.7 Å². The molecule has 0 saturated heterocycles. The van der Waals surface area contributed by atoms with Crippen LogP contribution in [0.15, 0.2) is 11.7 Å². The van der Waals surface area contributed by atoms with E-state index in [0.717, 1.165) is 25.7 Å². The van der Waals surface area contributed by atoms with Crippen molar-refractivity contribution in [1.82, 2.24) is 0 Å². The average molecular weight is 410 g/mol. The second-order valence-corrected chi connectivity index (χ2v) is 9.42. The van der Waals surface area contributed by atoms with Gasteiger partial charge in [-0.2, -0.15) is 0 Å². The van der Waals surface area contributed by atoms with Gasteiger partial charge >= 0.3 is 0 Å². The van der Waals surface area contributed by atoms with Crippen molar-refractivity contribution in [2.45, 2.75) is 48.2 Å². The molecule has 0 unspecified atom stereocenters. The van der Waals surface area contributed by atoms with E-state index in [-0.39, 0.29) is 21.5 Å². The van der Waals surface area contributed by atoms with Gasteiger partial charge in [0.2, 0.25) is 0 Å². The van der Waals surface area contributed by atoms with Crippen LogP contribution in [0.5, 0.6) is 0 Å². The summed E-state index contributed by atoms with van der Waals surface area (Å²) in [4.78, 5) is 0.304.